The number of carbonyl (C=O) groups is 2. The van der Waals surface area contributed by atoms with Gasteiger partial charge in [-0.1, -0.05) is 15.9 Å². The van der Waals surface area contributed by atoms with Crippen LogP contribution in [0.4, 0.5) is 0 Å². The maximum absolute atomic E-state index is 12.5. The van der Waals surface area contributed by atoms with Crippen LogP contribution in [0.5, 0.6) is 0 Å². The highest BCUT2D eigenvalue weighted by molar-refractivity contribution is 9.10. The number of benzene rings is 1. The smallest absolute Gasteiger partial charge is 0.251 e. The van der Waals surface area contributed by atoms with E-state index in [1.54, 1.807) is 24.3 Å². The van der Waals surface area contributed by atoms with Crippen molar-refractivity contribution in [3.05, 3.63) is 34.3 Å². The lowest BCUT2D eigenvalue weighted by Crippen LogP contribution is -2.45. The molecule has 10 heteroatoms. The summed E-state index contributed by atoms with van der Waals surface area (Å²) in [5.41, 5.74) is 2.55. The van der Waals surface area contributed by atoms with Crippen molar-refractivity contribution in [2.75, 3.05) is 33.2 Å². The minimum absolute atomic E-state index is 0.00723. The van der Waals surface area contributed by atoms with Gasteiger partial charge in [-0.15, -0.1) is 0 Å². The van der Waals surface area contributed by atoms with Crippen molar-refractivity contribution in [2.45, 2.75) is 19.4 Å². The Morgan fingerprint density at radius 2 is 1.93 bits per heavy atom. The molecule has 2 unspecified atom stereocenters. The molecule has 154 valence electrons. The van der Waals surface area contributed by atoms with Crippen LogP contribution in [-0.2, 0) is 19.0 Å². The van der Waals surface area contributed by atoms with E-state index in [4.69, 9.17) is 25.3 Å². The van der Waals surface area contributed by atoms with E-state index in [-0.39, 0.29) is 38.9 Å². The van der Waals surface area contributed by atoms with Crippen molar-refractivity contribution in [2.24, 2.45) is 11.8 Å². The Bertz CT molecular complexity index is 650. The number of hydrazine groups is 1. The van der Waals surface area contributed by atoms with E-state index in [0.717, 1.165) is 4.47 Å². The van der Waals surface area contributed by atoms with E-state index >= 15 is 0 Å². The summed E-state index contributed by atoms with van der Waals surface area (Å²) < 4.78 is 16.6. The molecule has 1 rings (SSSR count). The van der Waals surface area contributed by atoms with Crippen LogP contribution in [-0.4, -0.2) is 51.1 Å². The molecule has 0 aliphatic heterocycles. The van der Waals surface area contributed by atoms with Crippen molar-refractivity contribution >= 4 is 27.7 Å². The summed E-state index contributed by atoms with van der Waals surface area (Å²) in [6.45, 7) is 2.38. The highest BCUT2D eigenvalue weighted by atomic mass is 79.9. The molecule has 2 atom stereocenters. The number of nitrogens with zero attached hydrogens (tertiary/aromatic N) is 1. The van der Waals surface area contributed by atoms with Crippen LogP contribution >= 0.6 is 15.9 Å². The molecule has 0 aliphatic carbocycles. The Labute approximate surface area is 172 Å². The maximum Gasteiger partial charge on any atom is 0.251 e. The monoisotopic (exact) mass is 456 g/mol. The fourth-order valence-corrected chi connectivity index (χ4v) is 2.59. The van der Waals surface area contributed by atoms with Gasteiger partial charge in [-0.3, -0.25) is 15.0 Å². The first-order valence-corrected chi connectivity index (χ1v) is 9.48. The van der Waals surface area contributed by atoms with E-state index in [9.17, 15) is 9.59 Å². The number of hydrogen-bond acceptors (Lipinski definition) is 7. The van der Waals surface area contributed by atoms with E-state index < -0.39 is 17.9 Å². The predicted octanol–water partition coefficient (Wildman–Crippen LogP) is 1.09. The molecular formula is C18H25BrN4O5. The van der Waals surface area contributed by atoms with Gasteiger partial charge < -0.3 is 19.5 Å². The van der Waals surface area contributed by atoms with Crippen molar-refractivity contribution in [1.82, 2.24) is 10.7 Å². The van der Waals surface area contributed by atoms with Crippen molar-refractivity contribution < 1.29 is 23.8 Å². The molecule has 0 saturated heterocycles. The highest BCUT2D eigenvalue weighted by Gasteiger charge is 2.25. The summed E-state index contributed by atoms with van der Waals surface area (Å²) in [6.07, 6.45) is 0.211. The van der Waals surface area contributed by atoms with E-state index in [1.807, 2.05) is 13.0 Å². The molecule has 0 aromatic heterocycles. The van der Waals surface area contributed by atoms with Crippen LogP contribution in [0.25, 0.3) is 0 Å². The Balaban J connectivity index is 2.79. The largest absolute Gasteiger partial charge is 0.366 e. The average molecular weight is 457 g/mol. The molecule has 0 aliphatic rings. The summed E-state index contributed by atoms with van der Waals surface area (Å²) >= 11 is 3.32. The first kappa shape index (κ1) is 24.0. The normalized spacial score (nSPS) is 12.6. The van der Waals surface area contributed by atoms with Gasteiger partial charge in [0.2, 0.25) is 5.91 Å². The third-order valence-corrected chi connectivity index (χ3v) is 4.23. The van der Waals surface area contributed by atoms with Gasteiger partial charge in [0, 0.05) is 16.6 Å². The third kappa shape index (κ3) is 9.25. The molecule has 28 heavy (non-hydrogen) atoms. The molecule has 9 nitrogen and oxygen atoms in total. The van der Waals surface area contributed by atoms with E-state index in [1.165, 1.54) is 0 Å². The summed E-state index contributed by atoms with van der Waals surface area (Å²) in [6, 6.07) is 8.22. The van der Waals surface area contributed by atoms with E-state index in [2.05, 4.69) is 26.7 Å². The first-order chi connectivity index (χ1) is 13.5. The third-order valence-electron chi connectivity index (χ3n) is 3.70. The number of rotatable bonds is 13. The van der Waals surface area contributed by atoms with Gasteiger partial charge in [0.1, 0.15) is 13.4 Å². The van der Waals surface area contributed by atoms with Crippen molar-refractivity contribution in [3.63, 3.8) is 0 Å². The molecule has 0 saturated carbocycles. The van der Waals surface area contributed by atoms with Crippen LogP contribution in [0.1, 0.15) is 23.7 Å². The number of carbonyl (C=O) groups excluding carboxylic acids is 2. The lowest BCUT2D eigenvalue weighted by atomic mass is 9.99. The average Bonchev–Trinajstić information content (AvgIpc) is 2.70. The van der Waals surface area contributed by atoms with Gasteiger partial charge in [-0.25, -0.2) is 5.84 Å². The number of nitrogens with two attached hydrogens (primary N) is 1. The van der Waals surface area contributed by atoms with Crippen LogP contribution in [0, 0.1) is 17.2 Å². The second kappa shape index (κ2) is 14.0. The quantitative estimate of drug-likeness (QED) is 0.133. The Morgan fingerprint density at radius 3 is 2.54 bits per heavy atom. The number of nitrogens with one attached hydrogen (secondary N) is 2. The Hall–Kier alpha value is -2.03. The van der Waals surface area contributed by atoms with Gasteiger partial charge in [0.25, 0.3) is 5.91 Å². The van der Waals surface area contributed by atoms with Crippen LogP contribution < -0.4 is 16.6 Å². The second-order valence-electron chi connectivity index (χ2n) is 5.77. The second-order valence-corrected chi connectivity index (χ2v) is 6.69. The molecule has 1 aromatic rings. The first-order valence-electron chi connectivity index (χ1n) is 8.68. The van der Waals surface area contributed by atoms with Crippen LogP contribution in [0.2, 0.25) is 0 Å². The number of halogens is 1. The summed E-state index contributed by atoms with van der Waals surface area (Å²) in [7, 11) is 0. The van der Waals surface area contributed by atoms with Gasteiger partial charge in [0.15, 0.2) is 0 Å². The molecule has 0 bridgehead atoms. The van der Waals surface area contributed by atoms with Crippen molar-refractivity contribution in [3.8, 4) is 6.07 Å². The molecule has 1 aromatic carbocycles. The predicted molar refractivity (Wildman–Crippen MR) is 105 cm³/mol. The zero-order valence-corrected chi connectivity index (χ0v) is 17.2. The lowest BCUT2D eigenvalue weighted by molar-refractivity contribution is -0.127. The minimum atomic E-state index is -0.663. The minimum Gasteiger partial charge on any atom is -0.366 e. The molecule has 0 radical (unpaired) electrons. The Kier molecular flexibility index (Phi) is 12.0. The summed E-state index contributed by atoms with van der Waals surface area (Å²) in [5, 5.41) is 11.4. The number of nitriles is 1. The molecule has 0 fully saturated rings. The number of amides is 2. The molecule has 0 spiro atoms. The fraction of sp³-hybridized carbons (Fsp3) is 0.500. The lowest BCUT2D eigenvalue weighted by Gasteiger charge is -2.23. The SMILES string of the molecule is CCOCOCC(CC(COCC#N)C(=O)NN)NC(=O)c1ccc(Br)cc1. The molecule has 0 heterocycles. The zero-order valence-electron chi connectivity index (χ0n) is 15.7. The Morgan fingerprint density at radius 1 is 1.21 bits per heavy atom. The summed E-state index contributed by atoms with van der Waals surface area (Å²) in [4.78, 5) is 24.6. The van der Waals surface area contributed by atoms with E-state index in [0.29, 0.717) is 12.2 Å². The summed E-state index contributed by atoms with van der Waals surface area (Å²) in [5.74, 6) is 3.82. The molecular weight excluding hydrogens is 432 g/mol. The van der Waals surface area contributed by atoms with Gasteiger partial charge in [0.05, 0.1) is 31.2 Å². The molecule has 2 amide bonds. The number of hydrogen-bond donors (Lipinski definition) is 3. The van der Waals surface area contributed by atoms with Gasteiger partial charge >= 0.3 is 0 Å². The standard InChI is InChI=1S/C18H25BrN4O5/c1-2-26-12-28-11-16(9-14(18(25)23-21)10-27-8-7-20)22-17(24)13-3-5-15(19)6-4-13/h3-6,14,16H,2,8-12,21H2,1H3,(H,22,24)(H,23,25). The fourth-order valence-electron chi connectivity index (χ4n) is 2.33. The molecule has 4 N–H and O–H groups in total. The highest BCUT2D eigenvalue weighted by Crippen LogP contribution is 2.13. The maximum atomic E-state index is 12.5. The number of ether oxygens (including phenoxy) is 3. The zero-order chi connectivity index (χ0) is 20.8. The van der Waals surface area contributed by atoms with Gasteiger partial charge in [-0.05, 0) is 37.6 Å². The van der Waals surface area contributed by atoms with Crippen LogP contribution in [0.3, 0.4) is 0 Å². The van der Waals surface area contributed by atoms with Gasteiger partial charge in [-0.2, -0.15) is 5.26 Å². The van der Waals surface area contributed by atoms with Crippen LogP contribution in [0.15, 0.2) is 28.7 Å². The van der Waals surface area contributed by atoms with Crippen molar-refractivity contribution in [1.29, 1.82) is 5.26 Å². The topological polar surface area (TPSA) is 136 Å².